The Kier molecular flexibility index (Phi) is 11.0. The summed E-state index contributed by atoms with van der Waals surface area (Å²) >= 11 is 0. The summed E-state index contributed by atoms with van der Waals surface area (Å²) in [5.41, 5.74) is 4.58. The normalized spacial score (nSPS) is 16.9. The van der Waals surface area contributed by atoms with Crippen LogP contribution < -0.4 is 0 Å². The van der Waals surface area contributed by atoms with Gasteiger partial charge < -0.3 is 23.7 Å². The van der Waals surface area contributed by atoms with Crippen molar-refractivity contribution in [2.75, 3.05) is 0 Å². The maximum atomic E-state index is 14.6. The minimum atomic E-state index is -1.97. The molecule has 240 valence electrons. The van der Waals surface area contributed by atoms with Gasteiger partial charge in [0.1, 0.15) is 6.10 Å². The Morgan fingerprint density at radius 3 is 1.13 bits per heavy atom. The lowest BCUT2D eigenvalue weighted by Gasteiger charge is -2.53. The smallest absolute Gasteiger partial charge is 0.288 e. The highest BCUT2D eigenvalue weighted by Gasteiger charge is 2.68. The first-order chi connectivity index (χ1) is 23.2. The summed E-state index contributed by atoms with van der Waals surface area (Å²) < 4.78 is 34.1. The summed E-state index contributed by atoms with van der Waals surface area (Å²) in [6.45, 7) is 0.757. The molecule has 0 aromatic heterocycles. The highest BCUT2D eigenvalue weighted by molar-refractivity contribution is 5.88. The van der Waals surface area contributed by atoms with E-state index in [2.05, 4.69) is 0 Å². The highest BCUT2D eigenvalue weighted by Crippen LogP contribution is 2.46. The number of hydrogen-bond donors (Lipinski definition) is 0. The average molecular weight is 629 g/mol. The Balaban J connectivity index is 1.46. The Morgan fingerprint density at radius 2 is 0.766 bits per heavy atom. The third-order valence-electron chi connectivity index (χ3n) is 8.34. The van der Waals surface area contributed by atoms with Crippen LogP contribution in [0.3, 0.4) is 0 Å². The molecule has 5 aromatic rings. The van der Waals surface area contributed by atoms with Gasteiger partial charge in [-0.25, -0.2) is 0 Å². The highest BCUT2D eigenvalue weighted by atomic mass is 16.8. The minimum absolute atomic E-state index is 0.0952. The van der Waals surface area contributed by atoms with Crippen molar-refractivity contribution in [2.45, 2.75) is 63.6 Å². The molecule has 0 amide bonds. The van der Waals surface area contributed by atoms with Crippen molar-refractivity contribution in [3.63, 3.8) is 0 Å². The quantitative estimate of drug-likeness (QED) is 0.109. The molecule has 0 N–H and O–H groups in total. The second-order valence-corrected chi connectivity index (χ2v) is 11.6. The molecule has 1 atom stereocenters. The molecule has 0 radical (unpaired) electrons. The summed E-state index contributed by atoms with van der Waals surface area (Å²) in [6, 6.07) is 49.1. The van der Waals surface area contributed by atoms with Crippen molar-refractivity contribution >= 4 is 5.78 Å². The van der Waals surface area contributed by atoms with Crippen LogP contribution in [-0.4, -0.2) is 23.5 Å². The molecule has 1 fully saturated rings. The number of Topliss-reactive ketones (excluding diaryl/α,β-unsaturated/α-hetero) is 1. The minimum Gasteiger partial charge on any atom is -0.368 e. The zero-order valence-corrected chi connectivity index (χ0v) is 26.4. The molecule has 0 spiro atoms. The van der Waals surface area contributed by atoms with E-state index in [1.165, 1.54) is 0 Å². The van der Waals surface area contributed by atoms with Gasteiger partial charge in [0, 0.05) is 6.42 Å². The van der Waals surface area contributed by atoms with E-state index in [-0.39, 0.29) is 45.2 Å². The van der Waals surface area contributed by atoms with E-state index < -0.39 is 17.7 Å². The zero-order chi connectivity index (χ0) is 32.2. The number of carbonyl (C=O) groups excluding carboxylic acids is 1. The maximum absolute atomic E-state index is 14.6. The molecule has 0 heterocycles. The first-order valence-corrected chi connectivity index (χ1v) is 16.1. The van der Waals surface area contributed by atoms with Gasteiger partial charge >= 0.3 is 0 Å². The molecule has 0 bridgehead atoms. The van der Waals surface area contributed by atoms with Gasteiger partial charge in [0.05, 0.1) is 33.0 Å². The van der Waals surface area contributed by atoms with Crippen LogP contribution in [-0.2, 0) is 61.5 Å². The monoisotopic (exact) mass is 628 g/mol. The molecule has 0 saturated heterocycles. The summed E-state index contributed by atoms with van der Waals surface area (Å²) in [6.07, 6.45) is -0.200. The topological polar surface area (TPSA) is 63.2 Å². The van der Waals surface area contributed by atoms with E-state index in [4.69, 9.17) is 23.7 Å². The lowest BCUT2D eigenvalue weighted by molar-refractivity contribution is -0.435. The van der Waals surface area contributed by atoms with Crippen LogP contribution in [0.5, 0.6) is 0 Å². The largest absolute Gasteiger partial charge is 0.368 e. The molecule has 5 aromatic carbocycles. The summed E-state index contributed by atoms with van der Waals surface area (Å²) in [4.78, 5) is 14.6. The van der Waals surface area contributed by atoms with Gasteiger partial charge in [-0.2, -0.15) is 0 Å². The van der Waals surface area contributed by atoms with Gasteiger partial charge in [-0.3, -0.25) is 4.79 Å². The molecule has 47 heavy (non-hydrogen) atoms. The van der Waals surface area contributed by atoms with Gasteiger partial charge in [-0.05, 0) is 34.2 Å². The third-order valence-corrected chi connectivity index (χ3v) is 8.34. The fourth-order valence-electron chi connectivity index (χ4n) is 5.86. The van der Waals surface area contributed by atoms with Crippen LogP contribution >= 0.6 is 0 Å². The van der Waals surface area contributed by atoms with Crippen molar-refractivity contribution < 1.29 is 28.5 Å². The standard InChI is InChI=1S/C41H40O6/c42-38-26-27-39(43-28-33-16-6-1-7-17-33)41(46-31-36-22-12-4-13-23-36,47-32-37-24-14-5-15-25-37)40(38,44-29-34-18-8-2-9-19-34)45-30-35-20-10-3-11-21-35/h1-25,39H,26-32H2. The van der Waals surface area contributed by atoms with Crippen molar-refractivity contribution in [1.82, 2.24) is 0 Å². The molecular weight excluding hydrogens is 588 g/mol. The molecule has 6 heteroatoms. The lowest BCUT2D eigenvalue weighted by atomic mass is 9.82. The zero-order valence-electron chi connectivity index (χ0n) is 26.4. The Morgan fingerprint density at radius 1 is 0.447 bits per heavy atom. The Bertz CT molecular complexity index is 1560. The molecule has 1 aliphatic rings. The van der Waals surface area contributed by atoms with E-state index in [0.717, 1.165) is 27.8 Å². The van der Waals surface area contributed by atoms with Gasteiger partial charge in [0.25, 0.3) is 11.6 Å². The fraction of sp³-hybridized carbons (Fsp3) is 0.244. The lowest BCUT2D eigenvalue weighted by Crippen LogP contribution is -2.72. The van der Waals surface area contributed by atoms with Crippen molar-refractivity contribution in [3.05, 3.63) is 179 Å². The molecule has 0 aliphatic heterocycles. The van der Waals surface area contributed by atoms with Crippen LogP contribution in [0.1, 0.15) is 40.7 Å². The number of ketones is 1. The van der Waals surface area contributed by atoms with Crippen LogP contribution in [0.4, 0.5) is 0 Å². The number of rotatable bonds is 15. The fourth-order valence-corrected chi connectivity index (χ4v) is 5.86. The second kappa shape index (κ2) is 15.9. The van der Waals surface area contributed by atoms with Crippen molar-refractivity contribution in [1.29, 1.82) is 0 Å². The predicted octanol–water partition coefficient (Wildman–Crippen LogP) is 8.19. The molecule has 1 aliphatic carbocycles. The van der Waals surface area contributed by atoms with E-state index in [1.807, 2.05) is 152 Å². The van der Waals surface area contributed by atoms with Crippen LogP contribution in [0, 0.1) is 0 Å². The predicted molar refractivity (Wildman–Crippen MR) is 180 cm³/mol. The van der Waals surface area contributed by atoms with E-state index in [0.29, 0.717) is 6.42 Å². The van der Waals surface area contributed by atoms with Crippen molar-refractivity contribution in [2.24, 2.45) is 0 Å². The number of benzene rings is 5. The molecule has 6 nitrogen and oxygen atoms in total. The number of hydrogen-bond acceptors (Lipinski definition) is 6. The third kappa shape index (κ3) is 7.93. The molecule has 1 saturated carbocycles. The van der Waals surface area contributed by atoms with Gasteiger partial charge in [0.2, 0.25) is 0 Å². The average Bonchev–Trinajstić information content (AvgIpc) is 3.14. The first kappa shape index (κ1) is 32.5. The summed E-state index contributed by atoms with van der Waals surface area (Å²) in [7, 11) is 0. The first-order valence-electron chi connectivity index (χ1n) is 16.1. The van der Waals surface area contributed by atoms with Crippen LogP contribution in [0.25, 0.3) is 0 Å². The summed E-state index contributed by atoms with van der Waals surface area (Å²) in [5.74, 6) is -4.01. The van der Waals surface area contributed by atoms with Crippen LogP contribution in [0.2, 0.25) is 0 Å². The van der Waals surface area contributed by atoms with Gasteiger partial charge in [0.15, 0.2) is 5.78 Å². The maximum Gasteiger partial charge on any atom is 0.288 e. The SMILES string of the molecule is O=C1CCC(OCc2ccccc2)C(OCc2ccccc2)(OCc2ccccc2)C1(OCc1ccccc1)OCc1ccccc1. The second-order valence-electron chi connectivity index (χ2n) is 11.6. The van der Waals surface area contributed by atoms with E-state index in [1.54, 1.807) is 0 Å². The molecule has 1 unspecified atom stereocenters. The van der Waals surface area contributed by atoms with E-state index in [9.17, 15) is 4.79 Å². The Labute approximate surface area is 276 Å². The number of carbonyl (C=O) groups is 1. The van der Waals surface area contributed by atoms with Gasteiger partial charge in [-0.1, -0.05) is 152 Å². The molecular formula is C41H40O6. The van der Waals surface area contributed by atoms with Crippen molar-refractivity contribution in [3.8, 4) is 0 Å². The molecule has 6 rings (SSSR count). The van der Waals surface area contributed by atoms with E-state index >= 15 is 0 Å². The summed E-state index contributed by atoms with van der Waals surface area (Å²) in [5, 5.41) is 0. The van der Waals surface area contributed by atoms with Gasteiger partial charge in [-0.15, -0.1) is 0 Å². The van der Waals surface area contributed by atoms with Crippen LogP contribution in [0.15, 0.2) is 152 Å². The Hall–Kier alpha value is -4.43. The number of ether oxygens (including phenoxy) is 5.